The Bertz CT molecular complexity index is 998. The molecule has 0 radical (unpaired) electrons. The van der Waals surface area contributed by atoms with E-state index in [1.807, 2.05) is 30.3 Å². The van der Waals surface area contributed by atoms with E-state index in [1.54, 1.807) is 24.1 Å². The number of nitrogens with one attached hydrogen (secondary N) is 1. The number of methoxy groups -OCH3 is 1. The van der Waals surface area contributed by atoms with Gasteiger partial charge in [0.05, 0.1) is 25.8 Å². The van der Waals surface area contributed by atoms with Crippen LogP contribution < -0.4 is 9.47 Å². The van der Waals surface area contributed by atoms with Gasteiger partial charge < -0.3 is 19.4 Å². The molecule has 1 amide bonds. The molecule has 0 unspecified atom stereocenters. The van der Waals surface area contributed by atoms with Gasteiger partial charge in [-0.25, -0.2) is 4.98 Å². The number of rotatable bonds is 4. The molecule has 1 fully saturated rings. The second-order valence-corrected chi connectivity index (χ2v) is 6.08. The molecule has 1 aromatic carbocycles. The Balaban J connectivity index is 1.39. The highest BCUT2D eigenvalue weighted by Gasteiger charge is 2.33. The highest BCUT2D eigenvalue weighted by Crippen LogP contribution is 2.24. The van der Waals surface area contributed by atoms with Gasteiger partial charge >= 0.3 is 0 Å². The number of benzene rings is 1. The molecule has 0 aliphatic carbocycles. The molecular weight excluding hydrogens is 332 g/mol. The van der Waals surface area contributed by atoms with Crippen molar-refractivity contribution in [3.05, 3.63) is 53.9 Å². The number of likely N-dealkylation sites (tertiary alicyclic amines) is 1. The molecule has 0 atom stereocenters. The number of hydrogen-bond acceptors (Lipinski definition) is 5. The van der Waals surface area contributed by atoms with Crippen LogP contribution in [0, 0.1) is 11.3 Å². The van der Waals surface area contributed by atoms with Crippen molar-refractivity contribution in [1.29, 1.82) is 5.26 Å². The van der Waals surface area contributed by atoms with Crippen LogP contribution >= 0.6 is 0 Å². The van der Waals surface area contributed by atoms with Crippen molar-refractivity contribution in [3.8, 4) is 17.7 Å². The van der Waals surface area contributed by atoms with Crippen molar-refractivity contribution >= 4 is 16.8 Å². The summed E-state index contributed by atoms with van der Waals surface area (Å²) in [6.07, 6.45) is 1.37. The molecule has 1 aliphatic heterocycles. The lowest BCUT2D eigenvalue weighted by Gasteiger charge is -2.38. The number of ether oxygens (including phenoxy) is 2. The number of amides is 1. The summed E-state index contributed by atoms with van der Waals surface area (Å²) >= 11 is 0. The molecule has 0 spiro atoms. The van der Waals surface area contributed by atoms with E-state index < -0.39 is 0 Å². The van der Waals surface area contributed by atoms with Gasteiger partial charge in [0, 0.05) is 29.2 Å². The molecule has 3 heterocycles. The van der Waals surface area contributed by atoms with E-state index in [0.717, 1.165) is 16.7 Å². The minimum atomic E-state index is -0.0936. The fourth-order valence-electron chi connectivity index (χ4n) is 2.88. The van der Waals surface area contributed by atoms with Crippen LogP contribution in [0.1, 0.15) is 16.1 Å². The molecule has 2 aromatic heterocycles. The lowest BCUT2D eigenvalue weighted by molar-refractivity contribution is 0.0156. The molecule has 26 heavy (non-hydrogen) atoms. The van der Waals surface area contributed by atoms with Gasteiger partial charge in [-0.05, 0) is 24.3 Å². The van der Waals surface area contributed by atoms with E-state index in [1.165, 1.54) is 6.20 Å². The fourth-order valence-corrected chi connectivity index (χ4v) is 2.88. The maximum absolute atomic E-state index is 12.6. The van der Waals surface area contributed by atoms with Crippen molar-refractivity contribution < 1.29 is 14.3 Å². The number of fused-ring (bicyclic) bond motifs is 1. The van der Waals surface area contributed by atoms with Crippen LogP contribution in [0.2, 0.25) is 0 Å². The van der Waals surface area contributed by atoms with Crippen LogP contribution in [0.5, 0.6) is 11.6 Å². The lowest BCUT2D eigenvalue weighted by Crippen LogP contribution is -2.56. The Kier molecular flexibility index (Phi) is 3.93. The number of aromatic amines is 1. The summed E-state index contributed by atoms with van der Waals surface area (Å²) in [6.45, 7) is 0.998. The van der Waals surface area contributed by atoms with Gasteiger partial charge in [-0.1, -0.05) is 0 Å². The average molecular weight is 348 g/mol. The zero-order valence-electron chi connectivity index (χ0n) is 14.1. The normalized spacial score (nSPS) is 13.9. The molecular formula is C19H16N4O3. The van der Waals surface area contributed by atoms with E-state index in [0.29, 0.717) is 30.2 Å². The molecule has 4 rings (SSSR count). The largest absolute Gasteiger partial charge is 0.497 e. The Labute approximate surface area is 149 Å². The fraction of sp³-hybridized carbons (Fsp3) is 0.211. The van der Waals surface area contributed by atoms with Gasteiger partial charge in [0.15, 0.2) is 0 Å². The molecule has 0 bridgehead atoms. The summed E-state index contributed by atoms with van der Waals surface area (Å²) < 4.78 is 10.9. The highest BCUT2D eigenvalue weighted by atomic mass is 16.5. The number of aromatic nitrogens is 2. The minimum Gasteiger partial charge on any atom is -0.497 e. The van der Waals surface area contributed by atoms with Crippen LogP contribution in [-0.4, -0.2) is 47.1 Å². The number of carbonyl (C=O) groups is 1. The SMILES string of the molecule is COc1ccc2cc(C(=O)N3CC(Oc4ccc(C#N)cn4)C3)[nH]c2c1. The third-order valence-corrected chi connectivity index (χ3v) is 4.35. The third kappa shape index (κ3) is 2.93. The smallest absolute Gasteiger partial charge is 0.270 e. The van der Waals surface area contributed by atoms with Crippen LogP contribution in [0.15, 0.2) is 42.6 Å². The maximum atomic E-state index is 12.6. The van der Waals surface area contributed by atoms with Crippen molar-refractivity contribution in [1.82, 2.24) is 14.9 Å². The number of H-pyrrole nitrogens is 1. The summed E-state index contributed by atoms with van der Waals surface area (Å²) in [7, 11) is 1.61. The van der Waals surface area contributed by atoms with Crippen molar-refractivity contribution in [2.75, 3.05) is 20.2 Å². The van der Waals surface area contributed by atoms with Gasteiger partial charge in [-0.15, -0.1) is 0 Å². The average Bonchev–Trinajstić information content (AvgIpc) is 3.07. The zero-order valence-corrected chi connectivity index (χ0v) is 14.1. The van der Waals surface area contributed by atoms with Crippen molar-refractivity contribution in [3.63, 3.8) is 0 Å². The first-order chi connectivity index (χ1) is 12.7. The Morgan fingerprint density at radius 2 is 2.15 bits per heavy atom. The van der Waals surface area contributed by atoms with E-state index in [-0.39, 0.29) is 12.0 Å². The highest BCUT2D eigenvalue weighted by molar-refractivity contribution is 5.98. The number of pyridine rings is 1. The molecule has 3 aromatic rings. The predicted octanol–water partition coefficient (Wildman–Crippen LogP) is 2.35. The molecule has 0 saturated carbocycles. The summed E-state index contributed by atoms with van der Waals surface area (Å²) in [6, 6.07) is 12.8. The van der Waals surface area contributed by atoms with Crippen molar-refractivity contribution in [2.24, 2.45) is 0 Å². The first-order valence-electron chi connectivity index (χ1n) is 8.15. The Morgan fingerprint density at radius 3 is 2.85 bits per heavy atom. The van der Waals surface area contributed by atoms with E-state index in [9.17, 15) is 4.79 Å². The van der Waals surface area contributed by atoms with Gasteiger partial charge in [-0.2, -0.15) is 5.26 Å². The quantitative estimate of drug-likeness (QED) is 0.781. The van der Waals surface area contributed by atoms with Crippen LogP contribution in [0.4, 0.5) is 0 Å². The molecule has 130 valence electrons. The van der Waals surface area contributed by atoms with E-state index >= 15 is 0 Å². The molecule has 7 nitrogen and oxygen atoms in total. The molecule has 1 N–H and O–H groups in total. The van der Waals surface area contributed by atoms with Gasteiger partial charge in [0.2, 0.25) is 5.88 Å². The number of nitrogens with zero attached hydrogens (tertiary/aromatic N) is 3. The summed E-state index contributed by atoms with van der Waals surface area (Å²) in [5.41, 5.74) is 1.89. The third-order valence-electron chi connectivity index (χ3n) is 4.35. The summed E-state index contributed by atoms with van der Waals surface area (Å²) in [4.78, 5) is 21.5. The topological polar surface area (TPSA) is 91.2 Å². The molecule has 1 saturated heterocycles. The second kappa shape index (κ2) is 6.41. The predicted molar refractivity (Wildman–Crippen MR) is 94.1 cm³/mol. The number of carbonyl (C=O) groups excluding carboxylic acids is 1. The van der Waals surface area contributed by atoms with E-state index in [2.05, 4.69) is 9.97 Å². The maximum Gasteiger partial charge on any atom is 0.270 e. The van der Waals surface area contributed by atoms with Crippen LogP contribution in [0.25, 0.3) is 10.9 Å². The van der Waals surface area contributed by atoms with Crippen LogP contribution in [0.3, 0.4) is 0 Å². The Morgan fingerprint density at radius 1 is 1.31 bits per heavy atom. The monoisotopic (exact) mass is 348 g/mol. The summed E-state index contributed by atoms with van der Waals surface area (Å²) in [5, 5.41) is 9.73. The second-order valence-electron chi connectivity index (χ2n) is 6.08. The van der Waals surface area contributed by atoms with Crippen LogP contribution in [-0.2, 0) is 0 Å². The number of nitriles is 1. The zero-order chi connectivity index (χ0) is 18.1. The van der Waals surface area contributed by atoms with Crippen molar-refractivity contribution in [2.45, 2.75) is 6.10 Å². The summed E-state index contributed by atoms with van der Waals surface area (Å²) in [5.74, 6) is 1.14. The molecule has 1 aliphatic rings. The first-order valence-corrected chi connectivity index (χ1v) is 8.15. The lowest BCUT2D eigenvalue weighted by atomic mass is 10.1. The Hall–Kier alpha value is -3.53. The van der Waals surface area contributed by atoms with Gasteiger partial charge in [0.25, 0.3) is 5.91 Å². The van der Waals surface area contributed by atoms with Gasteiger partial charge in [0.1, 0.15) is 23.6 Å². The molecule has 7 heteroatoms. The van der Waals surface area contributed by atoms with E-state index in [4.69, 9.17) is 14.7 Å². The first kappa shape index (κ1) is 16.0. The minimum absolute atomic E-state index is 0.0622. The number of hydrogen-bond donors (Lipinski definition) is 1. The standard InChI is InChI=1S/C19H16N4O3/c1-25-14-4-3-13-6-17(22-16(13)7-14)19(24)23-10-15(11-23)26-18-5-2-12(8-20)9-21-18/h2-7,9,15,22H,10-11H2,1H3. The van der Waals surface area contributed by atoms with Gasteiger partial charge in [-0.3, -0.25) is 4.79 Å².